The number of nitrogens with two attached hydrogens (primary N) is 1. The maximum Gasteiger partial charge on any atom is 0.303 e. The van der Waals surface area contributed by atoms with E-state index in [9.17, 15) is 9.59 Å². The van der Waals surface area contributed by atoms with Gasteiger partial charge in [0, 0.05) is 26.1 Å². The number of amides is 1. The van der Waals surface area contributed by atoms with Gasteiger partial charge >= 0.3 is 5.97 Å². The van der Waals surface area contributed by atoms with E-state index in [0.29, 0.717) is 19.5 Å². The maximum atomic E-state index is 12.4. The summed E-state index contributed by atoms with van der Waals surface area (Å²) in [6.07, 6.45) is 2.63. The maximum absolute atomic E-state index is 12.4. The van der Waals surface area contributed by atoms with Gasteiger partial charge in [-0.25, -0.2) is 0 Å². The molecule has 0 aromatic carbocycles. The molecule has 3 N–H and O–H groups in total. The quantitative estimate of drug-likeness (QED) is 0.771. The molecule has 5 heteroatoms. The Labute approximate surface area is 108 Å². The van der Waals surface area contributed by atoms with Gasteiger partial charge in [0.2, 0.25) is 5.91 Å². The summed E-state index contributed by atoms with van der Waals surface area (Å²) in [4.78, 5) is 24.9. The first-order chi connectivity index (χ1) is 8.42. The van der Waals surface area contributed by atoms with Crippen molar-refractivity contribution in [1.29, 1.82) is 0 Å². The summed E-state index contributed by atoms with van der Waals surface area (Å²) in [6, 6.07) is 0. The molecule has 0 bridgehead atoms. The summed E-state index contributed by atoms with van der Waals surface area (Å²) in [5, 5.41) is 8.82. The van der Waals surface area contributed by atoms with Crippen LogP contribution in [-0.4, -0.2) is 41.5 Å². The third-order valence-electron chi connectivity index (χ3n) is 4.02. The van der Waals surface area contributed by atoms with Gasteiger partial charge in [-0.05, 0) is 32.1 Å². The van der Waals surface area contributed by atoms with Crippen LogP contribution in [0.4, 0.5) is 0 Å². The zero-order valence-corrected chi connectivity index (χ0v) is 11.3. The van der Waals surface area contributed by atoms with E-state index in [1.165, 1.54) is 0 Å². The zero-order chi connectivity index (χ0) is 13.8. The molecule has 0 spiro atoms. The molecular formula is C13H24N2O3. The minimum absolute atomic E-state index is 0.0718. The van der Waals surface area contributed by atoms with Crippen molar-refractivity contribution in [3.63, 3.8) is 0 Å². The minimum Gasteiger partial charge on any atom is -0.481 e. The van der Waals surface area contributed by atoms with Crippen molar-refractivity contribution in [3.8, 4) is 0 Å². The molecule has 0 saturated carbocycles. The van der Waals surface area contributed by atoms with Gasteiger partial charge in [0.15, 0.2) is 0 Å². The van der Waals surface area contributed by atoms with Gasteiger partial charge in [-0.3, -0.25) is 9.59 Å². The predicted molar refractivity (Wildman–Crippen MR) is 69.0 cm³/mol. The molecule has 1 aliphatic heterocycles. The van der Waals surface area contributed by atoms with Crippen molar-refractivity contribution in [1.82, 2.24) is 4.90 Å². The lowest BCUT2D eigenvalue weighted by Gasteiger charge is -2.38. The number of carbonyl (C=O) groups excluding carboxylic acids is 1. The van der Waals surface area contributed by atoms with Crippen molar-refractivity contribution < 1.29 is 14.7 Å². The van der Waals surface area contributed by atoms with Crippen LogP contribution in [0, 0.1) is 11.3 Å². The molecular weight excluding hydrogens is 232 g/mol. The largest absolute Gasteiger partial charge is 0.481 e. The Morgan fingerprint density at radius 3 is 2.67 bits per heavy atom. The highest BCUT2D eigenvalue weighted by Gasteiger charge is 2.36. The molecule has 2 atom stereocenters. The second-order valence-corrected chi connectivity index (χ2v) is 5.48. The van der Waals surface area contributed by atoms with Crippen LogP contribution in [0.25, 0.3) is 0 Å². The van der Waals surface area contributed by atoms with Crippen molar-refractivity contribution in [2.45, 2.75) is 39.5 Å². The fourth-order valence-corrected chi connectivity index (χ4v) is 2.43. The molecule has 1 aliphatic rings. The van der Waals surface area contributed by atoms with E-state index in [1.807, 2.05) is 13.8 Å². The van der Waals surface area contributed by atoms with Gasteiger partial charge < -0.3 is 15.7 Å². The lowest BCUT2D eigenvalue weighted by Crippen LogP contribution is -2.49. The second kappa shape index (κ2) is 6.18. The van der Waals surface area contributed by atoms with Gasteiger partial charge in [0.05, 0.1) is 5.41 Å². The number of carbonyl (C=O) groups is 2. The van der Waals surface area contributed by atoms with Crippen molar-refractivity contribution in [2.75, 3.05) is 19.6 Å². The van der Waals surface area contributed by atoms with Crippen LogP contribution >= 0.6 is 0 Å². The van der Waals surface area contributed by atoms with Gasteiger partial charge in [-0.15, -0.1) is 0 Å². The third kappa shape index (κ3) is 3.45. The average molecular weight is 256 g/mol. The molecule has 1 fully saturated rings. The van der Waals surface area contributed by atoms with Crippen LogP contribution in [0.2, 0.25) is 0 Å². The van der Waals surface area contributed by atoms with E-state index in [-0.39, 0.29) is 18.2 Å². The summed E-state index contributed by atoms with van der Waals surface area (Å²) < 4.78 is 0. The van der Waals surface area contributed by atoms with E-state index < -0.39 is 11.4 Å². The molecule has 0 aromatic heterocycles. The molecule has 18 heavy (non-hydrogen) atoms. The average Bonchev–Trinajstić information content (AvgIpc) is 2.36. The minimum atomic E-state index is -0.786. The number of carboxylic acids is 1. The molecule has 5 nitrogen and oxygen atoms in total. The number of carboxylic acid groups (broad SMARTS) is 1. The van der Waals surface area contributed by atoms with E-state index in [1.54, 1.807) is 4.90 Å². The van der Waals surface area contributed by atoms with Crippen molar-refractivity contribution >= 4 is 11.9 Å². The number of piperidine rings is 1. The van der Waals surface area contributed by atoms with Gasteiger partial charge in [-0.2, -0.15) is 0 Å². The molecule has 1 heterocycles. The first-order valence-electron chi connectivity index (χ1n) is 6.64. The van der Waals surface area contributed by atoms with E-state index in [0.717, 1.165) is 19.4 Å². The van der Waals surface area contributed by atoms with Gasteiger partial charge in [0.25, 0.3) is 0 Å². The van der Waals surface area contributed by atoms with Crippen molar-refractivity contribution in [3.05, 3.63) is 0 Å². The van der Waals surface area contributed by atoms with Crippen LogP contribution < -0.4 is 5.73 Å². The molecule has 104 valence electrons. The van der Waals surface area contributed by atoms with Crippen LogP contribution in [0.1, 0.15) is 39.5 Å². The Kier molecular flexibility index (Phi) is 5.14. The van der Waals surface area contributed by atoms with Gasteiger partial charge in [0.1, 0.15) is 0 Å². The number of nitrogens with zero attached hydrogens (tertiary/aromatic N) is 1. The number of hydrogen-bond acceptors (Lipinski definition) is 3. The molecule has 0 aliphatic carbocycles. The Bertz CT molecular complexity index is 313. The predicted octanol–water partition coefficient (Wildman–Crippen LogP) is 1.07. The zero-order valence-electron chi connectivity index (χ0n) is 11.3. The molecule has 1 saturated heterocycles. The lowest BCUT2D eigenvalue weighted by atomic mass is 9.84. The van der Waals surface area contributed by atoms with Crippen LogP contribution in [0.5, 0.6) is 0 Å². The Hall–Kier alpha value is -1.10. The van der Waals surface area contributed by atoms with Crippen LogP contribution in [-0.2, 0) is 9.59 Å². The fourth-order valence-electron chi connectivity index (χ4n) is 2.43. The van der Waals surface area contributed by atoms with Gasteiger partial charge in [-0.1, -0.05) is 6.92 Å². The summed E-state index contributed by atoms with van der Waals surface area (Å²) in [6.45, 7) is 5.47. The molecule has 1 amide bonds. The standard InChI is InChI=1S/C13H24N2O3/c1-3-13(2,9-14)12(18)15-6-4-5-10(8-15)7-11(16)17/h10H,3-9,14H2,1-2H3,(H,16,17). The molecule has 1 rings (SSSR count). The van der Waals surface area contributed by atoms with Crippen LogP contribution in [0.15, 0.2) is 0 Å². The van der Waals surface area contributed by atoms with E-state index in [4.69, 9.17) is 10.8 Å². The SMILES string of the molecule is CCC(C)(CN)C(=O)N1CCCC(CC(=O)O)C1. The number of aliphatic carboxylic acids is 1. The first kappa shape index (κ1) is 15.0. The molecule has 2 unspecified atom stereocenters. The number of likely N-dealkylation sites (tertiary alicyclic amines) is 1. The lowest BCUT2D eigenvalue weighted by molar-refractivity contribution is -0.145. The van der Waals surface area contributed by atoms with E-state index >= 15 is 0 Å². The highest BCUT2D eigenvalue weighted by Crippen LogP contribution is 2.27. The Balaban J connectivity index is 2.66. The highest BCUT2D eigenvalue weighted by atomic mass is 16.4. The fraction of sp³-hybridized carbons (Fsp3) is 0.846. The van der Waals surface area contributed by atoms with E-state index in [2.05, 4.69) is 0 Å². The number of hydrogen-bond donors (Lipinski definition) is 2. The van der Waals surface area contributed by atoms with Crippen LogP contribution in [0.3, 0.4) is 0 Å². The first-order valence-corrected chi connectivity index (χ1v) is 6.64. The third-order valence-corrected chi connectivity index (χ3v) is 4.02. The summed E-state index contributed by atoms with van der Waals surface area (Å²) in [5.74, 6) is -0.631. The summed E-state index contributed by atoms with van der Waals surface area (Å²) >= 11 is 0. The van der Waals surface area contributed by atoms with Crippen molar-refractivity contribution in [2.24, 2.45) is 17.1 Å². The summed E-state index contributed by atoms with van der Waals surface area (Å²) in [5.41, 5.74) is 5.19. The Morgan fingerprint density at radius 2 is 2.17 bits per heavy atom. The smallest absolute Gasteiger partial charge is 0.303 e. The molecule has 0 radical (unpaired) electrons. The Morgan fingerprint density at radius 1 is 1.50 bits per heavy atom. The number of rotatable bonds is 5. The topological polar surface area (TPSA) is 83.6 Å². The highest BCUT2D eigenvalue weighted by molar-refractivity contribution is 5.82. The summed E-state index contributed by atoms with van der Waals surface area (Å²) in [7, 11) is 0. The molecule has 0 aromatic rings. The monoisotopic (exact) mass is 256 g/mol. The normalized spacial score (nSPS) is 23.5. The second-order valence-electron chi connectivity index (χ2n) is 5.48.